The lowest BCUT2D eigenvalue weighted by Gasteiger charge is -2.52. The van der Waals surface area contributed by atoms with Crippen LogP contribution in [0.5, 0.6) is 0 Å². The van der Waals surface area contributed by atoms with Crippen molar-refractivity contribution in [1.29, 1.82) is 0 Å². The number of aromatic carboxylic acids is 1. The van der Waals surface area contributed by atoms with Gasteiger partial charge in [-0.05, 0) is 68.6 Å². The fourth-order valence-corrected chi connectivity index (χ4v) is 6.14. The third-order valence-electron chi connectivity index (χ3n) is 8.02. The van der Waals surface area contributed by atoms with Gasteiger partial charge in [-0.1, -0.05) is 32.4 Å². The maximum Gasteiger partial charge on any atom is 0.341 e. The van der Waals surface area contributed by atoms with Gasteiger partial charge in [0.05, 0.1) is 16.8 Å². The number of nitrogens with zero attached hydrogens (tertiary/aromatic N) is 1. The Kier molecular flexibility index (Phi) is 5.90. The molecule has 0 bridgehead atoms. The highest BCUT2D eigenvalue weighted by Gasteiger charge is 2.60. The molecular weight excluding hydrogens is 404 g/mol. The number of nitrogens with one attached hydrogen (secondary N) is 3. The van der Waals surface area contributed by atoms with Crippen LogP contribution in [0, 0.1) is 5.92 Å². The first-order valence-corrected chi connectivity index (χ1v) is 11.5. The molecule has 1 aromatic heterocycles. The van der Waals surface area contributed by atoms with Crippen molar-refractivity contribution in [1.82, 2.24) is 15.6 Å². The lowest BCUT2D eigenvalue weighted by atomic mass is 9.63. The van der Waals surface area contributed by atoms with E-state index in [2.05, 4.69) is 53.7 Å². The standard InChI is InChI=1S/C25H34N4O3/c1-5-17-13-20(23(31)32)22(30)28-21(17)18-8-10-19(11-9-18)29-14-24(26-3)12-6-7-16(2)25(24,15-29)27-4/h8-11,13,16,26-27H,5-7,12,14-15H2,1-4H3,(H,28,30)(H,31,32)/t16-,24-,25-/m0/s1. The Morgan fingerprint density at radius 2 is 1.94 bits per heavy atom. The van der Waals surface area contributed by atoms with E-state index < -0.39 is 11.5 Å². The summed E-state index contributed by atoms with van der Waals surface area (Å²) in [7, 11) is 4.17. The summed E-state index contributed by atoms with van der Waals surface area (Å²) in [6.07, 6.45) is 4.25. The fraction of sp³-hybridized carbons (Fsp3) is 0.520. The molecule has 2 aromatic rings. The molecule has 7 heteroatoms. The summed E-state index contributed by atoms with van der Waals surface area (Å²) in [6, 6.07) is 9.73. The van der Waals surface area contributed by atoms with Gasteiger partial charge in [0, 0.05) is 18.8 Å². The molecule has 1 aromatic carbocycles. The van der Waals surface area contributed by atoms with E-state index >= 15 is 0 Å². The summed E-state index contributed by atoms with van der Waals surface area (Å²) in [5.74, 6) is -0.632. The van der Waals surface area contributed by atoms with E-state index in [0.29, 0.717) is 18.0 Å². The largest absolute Gasteiger partial charge is 0.477 e. The van der Waals surface area contributed by atoms with E-state index in [1.54, 1.807) is 0 Å². The topological polar surface area (TPSA) is 97.5 Å². The number of hydrogen-bond donors (Lipinski definition) is 4. The zero-order valence-electron chi connectivity index (χ0n) is 19.4. The van der Waals surface area contributed by atoms with E-state index in [9.17, 15) is 14.7 Å². The number of benzene rings is 1. The first-order valence-electron chi connectivity index (χ1n) is 11.5. The van der Waals surface area contributed by atoms with Crippen molar-refractivity contribution < 1.29 is 9.90 Å². The average molecular weight is 439 g/mol. The zero-order valence-corrected chi connectivity index (χ0v) is 19.4. The fourth-order valence-electron chi connectivity index (χ4n) is 6.14. The second-order valence-corrected chi connectivity index (χ2v) is 9.32. The number of pyridine rings is 1. The highest BCUT2D eigenvalue weighted by Crippen LogP contribution is 2.47. The second-order valence-electron chi connectivity index (χ2n) is 9.32. The Morgan fingerprint density at radius 1 is 1.22 bits per heavy atom. The Morgan fingerprint density at radius 3 is 2.50 bits per heavy atom. The molecule has 7 nitrogen and oxygen atoms in total. The molecule has 0 radical (unpaired) electrons. The molecule has 32 heavy (non-hydrogen) atoms. The van der Waals surface area contributed by atoms with E-state index in [1.165, 1.54) is 18.9 Å². The van der Waals surface area contributed by atoms with E-state index in [0.717, 1.165) is 36.3 Å². The van der Waals surface area contributed by atoms with Crippen LogP contribution in [0.1, 0.15) is 49.0 Å². The maximum atomic E-state index is 12.3. The van der Waals surface area contributed by atoms with Crippen molar-refractivity contribution in [2.45, 2.75) is 50.6 Å². The van der Waals surface area contributed by atoms with Crippen molar-refractivity contribution in [2.75, 3.05) is 32.1 Å². The first-order chi connectivity index (χ1) is 15.3. The number of carbonyl (C=O) groups is 1. The van der Waals surface area contributed by atoms with Crippen molar-refractivity contribution in [3.8, 4) is 11.3 Å². The monoisotopic (exact) mass is 438 g/mol. The van der Waals surface area contributed by atoms with Crippen molar-refractivity contribution in [3.05, 3.63) is 51.8 Å². The minimum atomic E-state index is -1.20. The Hall–Kier alpha value is -2.64. The van der Waals surface area contributed by atoms with Crippen LogP contribution in [0.3, 0.4) is 0 Å². The minimum Gasteiger partial charge on any atom is -0.477 e. The molecule has 0 unspecified atom stereocenters. The average Bonchev–Trinajstić information content (AvgIpc) is 3.16. The number of fused-ring (bicyclic) bond motifs is 1. The van der Waals surface area contributed by atoms with Crippen molar-refractivity contribution >= 4 is 11.7 Å². The quantitative estimate of drug-likeness (QED) is 0.554. The van der Waals surface area contributed by atoms with E-state index in [1.807, 2.05) is 19.1 Å². The number of carboxylic acids is 1. The highest BCUT2D eigenvalue weighted by molar-refractivity contribution is 5.88. The predicted molar refractivity (Wildman–Crippen MR) is 128 cm³/mol. The molecule has 0 spiro atoms. The number of hydrogen-bond acceptors (Lipinski definition) is 5. The smallest absolute Gasteiger partial charge is 0.341 e. The second kappa shape index (κ2) is 8.37. The van der Waals surface area contributed by atoms with Crippen LogP contribution in [-0.2, 0) is 6.42 Å². The summed E-state index contributed by atoms with van der Waals surface area (Å²) in [6.45, 7) is 6.20. The molecule has 172 valence electrons. The number of aromatic nitrogens is 1. The summed E-state index contributed by atoms with van der Waals surface area (Å²) in [5, 5.41) is 16.6. The first kappa shape index (κ1) is 22.6. The Labute approximate surface area is 189 Å². The Balaban J connectivity index is 1.66. The molecule has 2 heterocycles. The number of anilines is 1. The van der Waals surface area contributed by atoms with Crippen LogP contribution in [0.25, 0.3) is 11.3 Å². The van der Waals surface area contributed by atoms with Gasteiger partial charge in [-0.15, -0.1) is 0 Å². The minimum absolute atomic E-state index is 0.0198. The summed E-state index contributed by atoms with van der Waals surface area (Å²) in [4.78, 5) is 28.8. The van der Waals surface area contributed by atoms with Gasteiger partial charge < -0.3 is 25.6 Å². The van der Waals surface area contributed by atoms with Crippen LogP contribution < -0.4 is 21.1 Å². The molecule has 1 saturated heterocycles. The van der Waals surface area contributed by atoms with Crippen LogP contribution in [0.4, 0.5) is 5.69 Å². The van der Waals surface area contributed by atoms with Gasteiger partial charge in [0.2, 0.25) is 0 Å². The molecule has 4 rings (SSSR count). The molecule has 0 amide bonds. The number of carboxylic acid groups (broad SMARTS) is 1. The van der Waals surface area contributed by atoms with Gasteiger partial charge >= 0.3 is 5.97 Å². The van der Waals surface area contributed by atoms with Gasteiger partial charge in [-0.25, -0.2) is 4.79 Å². The van der Waals surface area contributed by atoms with Gasteiger partial charge in [-0.3, -0.25) is 4.79 Å². The predicted octanol–water partition coefficient (Wildman–Crippen LogP) is 2.86. The van der Waals surface area contributed by atoms with Crippen LogP contribution in [0.15, 0.2) is 35.1 Å². The van der Waals surface area contributed by atoms with Gasteiger partial charge in [0.25, 0.3) is 5.56 Å². The van der Waals surface area contributed by atoms with Gasteiger partial charge in [0.1, 0.15) is 5.56 Å². The normalized spacial score (nSPS) is 27.4. The number of rotatable bonds is 6. The van der Waals surface area contributed by atoms with Crippen LogP contribution in [-0.4, -0.2) is 54.3 Å². The van der Waals surface area contributed by atoms with Gasteiger partial charge in [0.15, 0.2) is 0 Å². The van der Waals surface area contributed by atoms with Crippen molar-refractivity contribution in [3.63, 3.8) is 0 Å². The third kappa shape index (κ3) is 3.35. The molecule has 1 saturated carbocycles. The molecular formula is C25H34N4O3. The molecule has 2 aliphatic rings. The SMILES string of the molecule is CCc1cc(C(=O)O)c(=O)[nH]c1-c1ccc(N2C[C@@]3(NC)CCC[C@H](C)[C@@]3(NC)C2)cc1. The lowest BCUT2D eigenvalue weighted by Crippen LogP contribution is -2.71. The molecule has 2 fully saturated rings. The molecule has 1 aliphatic heterocycles. The van der Waals surface area contributed by atoms with E-state index in [4.69, 9.17) is 0 Å². The summed E-state index contributed by atoms with van der Waals surface area (Å²) >= 11 is 0. The number of likely N-dealkylation sites (N-methyl/N-ethyl adjacent to an activating group) is 2. The number of aryl methyl sites for hydroxylation is 1. The number of H-pyrrole nitrogens is 1. The number of aromatic amines is 1. The Bertz CT molecular complexity index is 1060. The van der Waals surface area contributed by atoms with Crippen LogP contribution >= 0.6 is 0 Å². The maximum absolute atomic E-state index is 12.3. The lowest BCUT2D eigenvalue weighted by molar-refractivity contribution is 0.0695. The molecule has 4 N–H and O–H groups in total. The van der Waals surface area contributed by atoms with E-state index in [-0.39, 0.29) is 16.6 Å². The van der Waals surface area contributed by atoms with Crippen molar-refractivity contribution in [2.24, 2.45) is 5.92 Å². The van der Waals surface area contributed by atoms with Gasteiger partial charge in [-0.2, -0.15) is 0 Å². The molecule has 1 aliphatic carbocycles. The summed E-state index contributed by atoms with van der Waals surface area (Å²) in [5.41, 5.74) is 2.81. The zero-order chi connectivity index (χ0) is 23.1. The highest BCUT2D eigenvalue weighted by atomic mass is 16.4. The molecule has 3 atom stereocenters. The van der Waals surface area contributed by atoms with Crippen LogP contribution in [0.2, 0.25) is 0 Å². The third-order valence-corrected chi connectivity index (χ3v) is 8.02. The summed E-state index contributed by atoms with van der Waals surface area (Å²) < 4.78 is 0.